The minimum absolute atomic E-state index is 0.00878. The van der Waals surface area contributed by atoms with E-state index in [1.165, 1.54) is 6.92 Å². The summed E-state index contributed by atoms with van der Waals surface area (Å²) in [4.78, 5) is 34.5. The average Bonchev–Trinajstić information content (AvgIpc) is 3.25. The van der Waals surface area contributed by atoms with E-state index < -0.39 is 53.4 Å². The molecule has 45 heavy (non-hydrogen) atoms. The Bertz CT molecular complexity index is 1450. The second-order valence-corrected chi connectivity index (χ2v) is 12.8. The highest BCUT2D eigenvalue weighted by molar-refractivity contribution is 5.93. The van der Waals surface area contributed by atoms with Crippen LogP contribution in [0.15, 0.2) is 53.1 Å². The third-order valence-corrected chi connectivity index (χ3v) is 10.4. The molecule has 244 valence electrons. The number of carbonyl (C=O) groups excluding carboxylic acids is 2. The second kappa shape index (κ2) is 12.0. The first kappa shape index (κ1) is 32.8. The van der Waals surface area contributed by atoms with Gasteiger partial charge in [-0.3, -0.25) is 9.59 Å². The van der Waals surface area contributed by atoms with E-state index in [2.05, 4.69) is 10.6 Å². The Morgan fingerprint density at radius 2 is 1.76 bits per heavy atom. The third-order valence-electron chi connectivity index (χ3n) is 10.4. The fraction of sp³-hybridized carbons (Fsp3) is 0.545. The van der Waals surface area contributed by atoms with Crippen molar-refractivity contribution in [3.8, 4) is 0 Å². The molecule has 0 saturated heterocycles. The number of carboxylic acids is 1. The van der Waals surface area contributed by atoms with E-state index >= 15 is 8.78 Å². The number of aliphatic carboxylic acids is 1. The largest absolute Gasteiger partial charge is 0.481 e. The smallest absolute Gasteiger partial charge is 0.456 e. The van der Waals surface area contributed by atoms with Crippen LogP contribution in [0, 0.1) is 17.3 Å². The molecule has 1 aromatic rings. The van der Waals surface area contributed by atoms with Gasteiger partial charge in [0.05, 0.1) is 6.42 Å². The Morgan fingerprint density at radius 3 is 2.42 bits per heavy atom. The Balaban J connectivity index is 1.43. The number of halogens is 5. The van der Waals surface area contributed by atoms with Gasteiger partial charge in [0.2, 0.25) is 0 Å². The van der Waals surface area contributed by atoms with Crippen molar-refractivity contribution < 1.29 is 46.5 Å². The molecule has 2 unspecified atom stereocenters. The van der Waals surface area contributed by atoms with Gasteiger partial charge in [0.15, 0.2) is 5.78 Å². The zero-order valence-electron chi connectivity index (χ0n) is 24.9. The van der Waals surface area contributed by atoms with Crippen molar-refractivity contribution in [2.24, 2.45) is 17.3 Å². The van der Waals surface area contributed by atoms with Gasteiger partial charge in [-0.25, -0.2) is 4.79 Å². The minimum atomic E-state index is -5.90. The molecule has 0 spiro atoms. The second-order valence-electron chi connectivity index (χ2n) is 12.8. The summed E-state index contributed by atoms with van der Waals surface area (Å²) in [5.41, 5.74) is -0.555. The highest BCUT2D eigenvalue weighted by Crippen LogP contribution is 2.70. The zero-order valence-corrected chi connectivity index (χ0v) is 24.9. The van der Waals surface area contributed by atoms with Crippen LogP contribution >= 0.6 is 0 Å². The molecule has 7 nitrogen and oxygen atoms in total. The van der Waals surface area contributed by atoms with Gasteiger partial charge >= 0.3 is 24.1 Å². The lowest BCUT2D eigenvalue weighted by molar-refractivity contribution is -0.362. The fourth-order valence-electron chi connectivity index (χ4n) is 8.25. The molecular formula is C33H37F5N2O5. The summed E-state index contributed by atoms with van der Waals surface area (Å²) in [6, 6.07) is 6.70. The first-order valence-corrected chi connectivity index (χ1v) is 15.2. The van der Waals surface area contributed by atoms with E-state index in [9.17, 15) is 32.7 Å². The fourth-order valence-corrected chi connectivity index (χ4v) is 8.25. The van der Waals surface area contributed by atoms with E-state index in [0.29, 0.717) is 25.7 Å². The van der Waals surface area contributed by atoms with Crippen LogP contribution in [-0.2, 0) is 9.59 Å². The van der Waals surface area contributed by atoms with Crippen LogP contribution in [0.3, 0.4) is 0 Å². The number of fused-ring (bicyclic) bond motifs is 4. The molecule has 12 heteroatoms. The predicted octanol–water partition coefficient (Wildman–Crippen LogP) is 6.30. The van der Waals surface area contributed by atoms with Crippen LogP contribution in [0.1, 0.15) is 75.3 Å². The molecule has 2 saturated carbocycles. The Kier molecular flexibility index (Phi) is 8.76. The van der Waals surface area contributed by atoms with Crippen molar-refractivity contribution in [3.05, 3.63) is 64.3 Å². The molecule has 5 atom stereocenters. The number of ketones is 1. The summed E-state index contributed by atoms with van der Waals surface area (Å²) in [5, 5.41) is 25.0. The number of allylic oxidation sites excluding steroid dienone is 4. The van der Waals surface area contributed by atoms with Crippen molar-refractivity contribution in [3.63, 3.8) is 0 Å². The van der Waals surface area contributed by atoms with E-state index in [4.69, 9.17) is 5.11 Å². The first-order valence-electron chi connectivity index (χ1n) is 15.2. The van der Waals surface area contributed by atoms with Crippen molar-refractivity contribution >= 4 is 23.9 Å². The van der Waals surface area contributed by atoms with Gasteiger partial charge in [-0.1, -0.05) is 48.9 Å². The molecular weight excluding hydrogens is 599 g/mol. The summed E-state index contributed by atoms with van der Waals surface area (Å²) >= 11 is 0. The summed E-state index contributed by atoms with van der Waals surface area (Å²) in [6.45, 7) is 1.56. The van der Waals surface area contributed by atoms with Crippen molar-refractivity contribution in [2.75, 3.05) is 13.1 Å². The molecule has 0 aliphatic heterocycles. The summed E-state index contributed by atoms with van der Waals surface area (Å²) in [5.74, 6) is -7.67. The number of amides is 2. The van der Waals surface area contributed by atoms with E-state index in [-0.39, 0.29) is 44.1 Å². The number of rotatable bonds is 8. The molecule has 0 bridgehead atoms. The number of carbonyl (C=O) groups is 3. The van der Waals surface area contributed by atoms with Gasteiger partial charge in [-0.05, 0) is 78.7 Å². The number of carboxylic acid groups (broad SMARTS) is 1. The number of benzene rings is 1. The van der Waals surface area contributed by atoms with Crippen LogP contribution in [0.5, 0.6) is 0 Å². The first-order chi connectivity index (χ1) is 21.1. The Labute approximate surface area is 257 Å². The van der Waals surface area contributed by atoms with Crippen LogP contribution in [0.2, 0.25) is 0 Å². The molecule has 0 radical (unpaired) electrons. The lowest BCUT2D eigenvalue weighted by atomic mass is 9.50. The van der Waals surface area contributed by atoms with Crippen LogP contribution in [0.4, 0.5) is 26.7 Å². The van der Waals surface area contributed by atoms with Crippen molar-refractivity contribution in [2.45, 2.75) is 81.9 Å². The maximum Gasteiger partial charge on any atom is 0.456 e. The molecule has 2 amide bonds. The van der Waals surface area contributed by atoms with Crippen LogP contribution in [0.25, 0.3) is 6.08 Å². The van der Waals surface area contributed by atoms with E-state index in [1.807, 2.05) is 12.1 Å². The quantitative estimate of drug-likeness (QED) is 0.250. The van der Waals surface area contributed by atoms with Crippen molar-refractivity contribution in [1.29, 1.82) is 0 Å². The van der Waals surface area contributed by atoms with E-state index in [0.717, 1.165) is 27.8 Å². The summed E-state index contributed by atoms with van der Waals surface area (Å²) < 4.78 is 71.6. The monoisotopic (exact) mass is 636 g/mol. The lowest BCUT2D eigenvalue weighted by Gasteiger charge is -2.56. The van der Waals surface area contributed by atoms with Gasteiger partial charge in [-0.2, -0.15) is 22.0 Å². The summed E-state index contributed by atoms with van der Waals surface area (Å²) in [6.07, 6.45) is 0.160. The predicted molar refractivity (Wildman–Crippen MR) is 155 cm³/mol. The van der Waals surface area contributed by atoms with Crippen LogP contribution < -0.4 is 10.6 Å². The Hall–Kier alpha value is -3.54. The van der Waals surface area contributed by atoms with Gasteiger partial charge < -0.3 is 20.8 Å². The van der Waals surface area contributed by atoms with Crippen molar-refractivity contribution in [1.82, 2.24) is 10.6 Å². The number of alkyl halides is 5. The average molecular weight is 637 g/mol. The summed E-state index contributed by atoms with van der Waals surface area (Å²) in [7, 11) is 0. The molecule has 1 aromatic carbocycles. The SMILES string of the molecule is C[C@]12C[C@H](c3ccc(/C=C/CNC(=O)NCCC(=O)O)cc3)C3=C4CCC(=O)C=C4CCC3C1CC[C@@]2(O)C(F)(F)C(F)(F)F. The third kappa shape index (κ3) is 5.81. The highest BCUT2D eigenvalue weighted by atomic mass is 19.4. The molecule has 2 fully saturated rings. The highest BCUT2D eigenvalue weighted by Gasteiger charge is 2.79. The number of urea groups is 1. The number of nitrogens with one attached hydrogen (secondary N) is 2. The molecule has 4 aliphatic carbocycles. The molecule has 0 aromatic heterocycles. The van der Waals surface area contributed by atoms with Gasteiger partial charge in [0.1, 0.15) is 5.60 Å². The number of hydrogen-bond acceptors (Lipinski definition) is 4. The van der Waals surface area contributed by atoms with Gasteiger partial charge in [0, 0.05) is 30.8 Å². The molecule has 5 rings (SSSR count). The van der Waals surface area contributed by atoms with Crippen LogP contribution in [-0.4, -0.2) is 58.8 Å². The van der Waals surface area contributed by atoms with E-state index in [1.54, 1.807) is 30.4 Å². The maximum atomic E-state index is 15.1. The lowest BCUT2D eigenvalue weighted by Crippen LogP contribution is -2.65. The zero-order chi connectivity index (χ0) is 32.8. The number of hydrogen-bond donors (Lipinski definition) is 4. The normalized spacial score (nSPS) is 30.0. The number of aliphatic hydroxyl groups is 1. The van der Waals surface area contributed by atoms with Gasteiger partial charge in [0.25, 0.3) is 0 Å². The maximum absolute atomic E-state index is 15.1. The molecule has 4 N–H and O–H groups in total. The standard InChI is InChI=1S/C33H37F5N2O5/c1-30-18-25(20-6-4-19(5-7-20)3-2-15-39-29(44)40-16-13-27(42)43)28-23-11-9-22(41)17-21(23)8-10-24(28)26(30)12-14-31(30,45)32(34,35)33(36,37)38/h2-7,17,24-26,45H,8-16,18H2,1H3,(H,42,43)(H2,39,40,44)/b3-2+/t24?,25-,26?,30+,31+/m1/s1. The minimum Gasteiger partial charge on any atom is -0.481 e. The topological polar surface area (TPSA) is 116 Å². The molecule has 4 aliphatic rings. The Morgan fingerprint density at radius 1 is 1.04 bits per heavy atom. The molecule has 0 heterocycles. The van der Waals surface area contributed by atoms with Gasteiger partial charge in [-0.15, -0.1) is 0 Å².